The molecule has 2 aromatic carbocycles. The van der Waals surface area contributed by atoms with Crippen molar-refractivity contribution in [1.29, 1.82) is 0 Å². The van der Waals surface area contributed by atoms with Crippen LogP contribution >= 0.6 is 0 Å². The largest absolute Gasteiger partial charge is 0.462 e. The van der Waals surface area contributed by atoms with Crippen LogP contribution in [-0.4, -0.2) is 74.5 Å². The summed E-state index contributed by atoms with van der Waals surface area (Å²) in [5, 5.41) is 1.17. The first kappa shape index (κ1) is 31.0. The number of nitrogens with zero attached hydrogens (tertiary/aromatic N) is 2. The van der Waals surface area contributed by atoms with Crippen molar-refractivity contribution in [2.75, 3.05) is 37.3 Å². The zero-order chi connectivity index (χ0) is 29.7. The molecule has 4 rings (SSSR count). The van der Waals surface area contributed by atoms with E-state index < -0.39 is 15.4 Å². The third kappa shape index (κ3) is 8.48. The first-order chi connectivity index (χ1) is 18.6. The molecule has 0 unspecified atom stereocenters. The second-order valence-electron chi connectivity index (χ2n) is 11.8. The molecule has 0 aliphatic carbocycles. The molecule has 1 N–H and O–H groups in total. The van der Waals surface area contributed by atoms with E-state index in [0.717, 1.165) is 27.7 Å². The van der Waals surface area contributed by atoms with Crippen LogP contribution in [0.5, 0.6) is 0 Å². The van der Waals surface area contributed by atoms with Gasteiger partial charge in [-0.15, -0.1) is 0 Å². The smallest absolute Gasteiger partial charge is 0.410 e. The van der Waals surface area contributed by atoms with Crippen LogP contribution in [0.1, 0.15) is 52.7 Å². The van der Waals surface area contributed by atoms with E-state index in [-0.39, 0.29) is 16.7 Å². The lowest BCUT2D eigenvalue weighted by Crippen LogP contribution is -2.50. The molecule has 40 heavy (non-hydrogen) atoms. The highest BCUT2D eigenvalue weighted by molar-refractivity contribution is 7.90. The number of carbonyl (C=O) groups excluding carboxylic acids is 2. The molecule has 1 aliphatic rings. The van der Waals surface area contributed by atoms with E-state index in [9.17, 15) is 18.0 Å². The topological polar surface area (TPSA) is 109 Å². The molecule has 3 aromatic rings. The summed E-state index contributed by atoms with van der Waals surface area (Å²) in [4.78, 5) is 29.1. The number of anilines is 1. The highest BCUT2D eigenvalue weighted by Gasteiger charge is 2.28. The number of ether oxygens (including phenoxy) is 2. The van der Waals surface area contributed by atoms with Gasteiger partial charge in [-0.25, -0.2) is 13.2 Å². The van der Waals surface area contributed by atoms with Crippen molar-refractivity contribution in [3.05, 3.63) is 59.7 Å². The Morgan fingerprint density at radius 1 is 0.925 bits per heavy atom. The maximum atomic E-state index is 12.6. The van der Waals surface area contributed by atoms with Gasteiger partial charge in [-0.1, -0.05) is 42.5 Å². The molecule has 9 nitrogen and oxygen atoms in total. The minimum Gasteiger partial charge on any atom is -0.462 e. The van der Waals surface area contributed by atoms with Crippen molar-refractivity contribution in [3.8, 4) is 0 Å². The fourth-order valence-electron chi connectivity index (χ4n) is 4.39. The van der Waals surface area contributed by atoms with Crippen LogP contribution in [0.4, 0.5) is 10.5 Å². The summed E-state index contributed by atoms with van der Waals surface area (Å²) >= 11 is 0. The van der Waals surface area contributed by atoms with E-state index in [1.807, 2.05) is 90.1 Å². The zero-order valence-corrected chi connectivity index (χ0v) is 25.3. The number of piperazine rings is 1. The van der Waals surface area contributed by atoms with Gasteiger partial charge < -0.3 is 24.3 Å². The Hall–Kier alpha value is -3.53. The Morgan fingerprint density at radius 2 is 1.55 bits per heavy atom. The molecule has 1 fully saturated rings. The lowest BCUT2D eigenvalue weighted by Gasteiger charge is -2.37. The van der Waals surface area contributed by atoms with Crippen LogP contribution in [0.2, 0.25) is 0 Å². The second-order valence-corrected chi connectivity index (χ2v) is 13.8. The monoisotopic (exact) mass is 571 g/mol. The van der Waals surface area contributed by atoms with E-state index in [2.05, 4.69) is 14.6 Å². The molecule has 1 aliphatic heterocycles. The number of fused-ring (bicyclic) bond motifs is 1. The number of carbonyl (C=O) groups is 2. The van der Waals surface area contributed by atoms with Crippen LogP contribution in [0.25, 0.3) is 10.9 Å². The molecule has 0 bridgehead atoms. The van der Waals surface area contributed by atoms with Crippen molar-refractivity contribution in [2.24, 2.45) is 0 Å². The molecule has 0 atom stereocenters. The molecule has 218 valence electrons. The van der Waals surface area contributed by atoms with Gasteiger partial charge in [0.25, 0.3) is 6.47 Å². The Kier molecular flexibility index (Phi) is 9.56. The Labute approximate surface area is 237 Å². The molecule has 0 spiro atoms. The molecule has 2 heterocycles. The van der Waals surface area contributed by atoms with Crippen LogP contribution in [0, 0.1) is 0 Å². The van der Waals surface area contributed by atoms with E-state index in [4.69, 9.17) is 4.74 Å². The predicted molar refractivity (Wildman–Crippen MR) is 158 cm³/mol. The maximum Gasteiger partial charge on any atom is 0.410 e. The standard InChI is InChI=1S/C25H31N3O4S.C5H10O2/c1-25(2,3)32-24(29)28-15-13-27(14-16-28)21-12-8-11-19-20(17-18-9-6-5-7-10-18)23(26-22(19)21)33(4,30)31;1-5(2,3)7-4-6/h5-12,26H,13-17H2,1-4H3;4H,1-3H3. The number of para-hydroxylation sites is 1. The lowest BCUT2D eigenvalue weighted by molar-refractivity contribution is -0.138. The fraction of sp³-hybridized carbons (Fsp3) is 0.467. The number of benzene rings is 2. The van der Waals surface area contributed by atoms with Crippen molar-refractivity contribution in [3.63, 3.8) is 0 Å². The van der Waals surface area contributed by atoms with Gasteiger partial charge >= 0.3 is 6.09 Å². The summed E-state index contributed by atoms with van der Waals surface area (Å²) in [6.45, 7) is 13.9. The number of aromatic amines is 1. The van der Waals surface area contributed by atoms with Crippen LogP contribution < -0.4 is 4.90 Å². The number of hydrogen-bond acceptors (Lipinski definition) is 7. The number of hydrogen-bond donors (Lipinski definition) is 1. The first-order valence-electron chi connectivity index (χ1n) is 13.3. The van der Waals surface area contributed by atoms with Gasteiger partial charge in [0.15, 0.2) is 9.84 Å². The van der Waals surface area contributed by atoms with Crippen molar-refractivity contribution in [1.82, 2.24) is 9.88 Å². The summed E-state index contributed by atoms with van der Waals surface area (Å²) in [5.41, 5.74) is 2.76. The first-order valence-corrected chi connectivity index (χ1v) is 15.2. The van der Waals surface area contributed by atoms with Gasteiger partial charge in [0.2, 0.25) is 0 Å². The number of sulfone groups is 1. The Morgan fingerprint density at radius 3 is 2.05 bits per heavy atom. The van der Waals surface area contributed by atoms with Gasteiger partial charge in [0.1, 0.15) is 16.2 Å². The molecular weight excluding hydrogens is 530 g/mol. The van der Waals surface area contributed by atoms with Crippen molar-refractivity contribution >= 4 is 39.0 Å². The molecular formula is C30H41N3O6S. The minimum atomic E-state index is -3.44. The highest BCUT2D eigenvalue weighted by atomic mass is 32.2. The van der Waals surface area contributed by atoms with Crippen LogP contribution in [-0.2, 0) is 30.5 Å². The molecule has 0 radical (unpaired) electrons. The summed E-state index contributed by atoms with van der Waals surface area (Å²) in [6, 6.07) is 15.8. The van der Waals surface area contributed by atoms with Gasteiger partial charge in [0.05, 0.1) is 11.2 Å². The zero-order valence-electron chi connectivity index (χ0n) is 24.5. The van der Waals surface area contributed by atoms with Gasteiger partial charge in [0, 0.05) is 49.8 Å². The van der Waals surface area contributed by atoms with E-state index >= 15 is 0 Å². The average Bonchev–Trinajstić information content (AvgIpc) is 3.22. The number of aromatic nitrogens is 1. The summed E-state index contributed by atoms with van der Waals surface area (Å²) < 4.78 is 35.3. The third-order valence-corrected chi connectivity index (χ3v) is 7.24. The van der Waals surface area contributed by atoms with Crippen LogP contribution in [0.3, 0.4) is 0 Å². The Bertz CT molecular complexity index is 1410. The third-order valence-electron chi connectivity index (χ3n) is 6.15. The summed E-state index contributed by atoms with van der Waals surface area (Å²) in [5.74, 6) is 0. The van der Waals surface area contributed by atoms with Crippen molar-refractivity contribution < 1.29 is 27.5 Å². The van der Waals surface area contributed by atoms with Gasteiger partial charge in [-0.05, 0) is 53.2 Å². The summed E-state index contributed by atoms with van der Waals surface area (Å²) in [7, 11) is -3.44. The fourth-order valence-corrected chi connectivity index (χ4v) is 5.31. The average molecular weight is 572 g/mol. The van der Waals surface area contributed by atoms with E-state index in [1.54, 1.807) is 4.90 Å². The number of nitrogens with one attached hydrogen (secondary N) is 1. The normalized spacial score (nSPS) is 14.4. The summed E-state index contributed by atoms with van der Waals surface area (Å²) in [6.07, 6.45) is 1.47. The molecule has 1 saturated heterocycles. The SMILES string of the molecule is CC(C)(C)OC(=O)N1CCN(c2cccc3c(Cc4ccccc4)c(S(C)(=O)=O)[nH]c23)CC1.CC(C)(C)OC=O. The van der Waals surface area contributed by atoms with Gasteiger partial charge in [-0.2, -0.15) is 0 Å². The molecule has 1 amide bonds. The molecule has 10 heteroatoms. The highest BCUT2D eigenvalue weighted by Crippen LogP contribution is 2.34. The lowest BCUT2D eigenvalue weighted by atomic mass is 10.0. The van der Waals surface area contributed by atoms with Crippen molar-refractivity contribution in [2.45, 2.75) is 64.2 Å². The molecule has 0 saturated carbocycles. The molecule has 1 aromatic heterocycles. The van der Waals surface area contributed by atoms with E-state index in [1.165, 1.54) is 6.26 Å². The second kappa shape index (κ2) is 12.3. The number of amides is 1. The van der Waals surface area contributed by atoms with Gasteiger partial charge in [-0.3, -0.25) is 4.79 Å². The predicted octanol–water partition coefficient (Wildman–Crippen LogP) is 5.18. The number of rotatable bonds is 5. The van der Waals surface area contributed by atoms with E-state index in [0.29, 0.717) is 39.1 Å². The minimum absolute atomic E-state index is 0.265. The quantitative estimate of drug-likeness (QED) is 0.421. The number of H-pyrrole nitrogens is 1. The van der Waals surface area contributed by atoms with Crippen LogP contribution in [0.15, 0.2) is 53.6 Å². The Balaban J connectivity index is 0.000000559. The maximum absolute atomic E-state index is 12.6.